The van der Waals surface area contributed by atoms with Gasteiger partial charge in [-0.2, -0.15) is 0 Å². The zero-order valence-corrected chi connectivity index (χ0v) is 13.7. The van der Waals surface area contributed by atoms with Crippen molar-refractivity contribution in [3.05, 3.63) is 78.5 Å². The lowest BCUT2D eigenvalue weighted by Crippen LogP contribution is -2.10. The van der Waals surface area contributed by atoms with Crippen LogP contribution >= 0.6 is 0 Å². The first-order valence-corrected chi connectivity index (χ1v) is 7.89. The van der Waals surface area contributed by atoms with Crippen LogP contribution in [0.1, 0.15) is 17.3 Å². The molecule has 0 amide bonds. The third-order valence-corrected chi connectivity index (χ3v) is 3.30. The summed E-state index contributed by atoms with van der Waals surface area (Å²) in [5.74, 6) is 1.56. The molecular weight excluding hydrogens is 318 g/mol. The smallest absolute Gasteiger partial charge is 0.347 e. The van der Waals surface area contributed by atoms with Gasteiger partial charge in [0.1, 0.15) is 22.8 Å². The topological polar surface area (TPSA) is 57.7 Å². The Bertz CT molecular complexity index is 832. The summed E-state index contributed by atoms with van der Waals surface area (Å²) in [5, 5.41) is 0. The number of rotatable bonds is 6. The highest BCUT2D eigenvalue weighted by Crippen LogP contribution is 2.24. The van der Waals surface area contributed by atoms with E-state index in [9.17, 15) is 4.79 Å². The molecule has 2 aromatic carbocycles. The maximum atomic E-state index is 12.3. The van der Waals surface area contributed by atoms with Crippen LogP contribution in [0.2, 0.25) is 0 Å². The molecule has 1 aromatic heterocycles. The van der Waals surface area contributed by atoms with Crippen molar-refractivity contribution in [2.24, 2.45) is 0 Å². The molecule has 0 aliphatic heterocycles. The van der Waals surface area contributed by atoms with Gasteiger partial charge >= 0.3 is 5.97 Å². The molecule has 0 bridgehead atoms. The second-order valence-electron chi connectivity index (χ2n) is 5.06. The van der Waals surface area contributed by atoms with Gasteiger partial charge in [0.15, 0.2) is 0 Å². The standard InChI is InChI=1S/C20H17NO4/c1-2-23-18-8-4-3-7-17(18)20(22)25-16-12-10-15(11-13-16)24-19-9-5-6-14-21-19/h3-14H,2H2,1H3. The van der Waals surface area contributed by atoms with Gasteiger partial charge in [-0.25, -0.2) is 9.78 Å². The van der Waals surface area contributed by atoms with Gasteiger partial charge in [-0.3, -0.25) is 0 Å². The molecule has 0 saturated heterocycles. The van der Waals surface area contributed by atoms with Crippen LogP contribution in [0.3, 0.4) is 0 Å². The minimum atomic E-state index is -0.470. The van der Waals surface area contributed by atoms with Crippen LogP contribution in [-0.2, 0) is 0 Å². The molecule has 0 atom stereocenters. The van der Waals surface area contributed by atoms with Crippen molar-refractivity contribution in [3.63, 3.8) is 0 Å². The van der Waals surface area contributed by atoms with Gasteiger partial charge in [-0.05, 0) is 49.4 Å². The maximum absolute atomic E-state index is 12.3. The van der Waals surface area contributed by atoms with Gasteiger partial charge in [0.25, 0.3) is 0 Å². The Labute approximate surface area is 145 Å². The minimum absolute atomic E-state index is 0.387. The van der Waals surface area contributed by atoms with E-state index >= 15 is 0 Å². The zero-order chi connectivity index (χ0) is 17.5. The maximum Gasteiger partial charge on any atom is 0.347 e. The summed E-state index contributed by atoms with van der Waals surface area (Å²) >= 11 is 0. The molecule has 5 heteroatoms. The largest absolute Gasteiger partial charge is 0.493 e. The molecule has 126 valence electrons. The average molecular weight is 335 g/mol. The van der Waals surface area contributed by atoms with Crippen molar-refractivity contribution in [2.75, 3.05) is 6.61 Å². The fraction of sp³-hybridized carbons (Fsp3) is 0.100. The second-order valence-corrected chi connectivity index (χ2v) is 5.06. The van der Waals surface area contributed by atoms with Crippen molar-refractivity contribution >= 4 is 5.97 Å². The van der Waals surface area contributed by atoms with Crippen LogP contribution in [0, 0.1) is 0 Å². The molecule has 0 aliphatic carbocycles. The number of esters is 1. The Morgan fingerprint density at radius 3 is 2.36 bits per heavy atom. The van der Waals surface area contributed by atoms with E-state index in [1.807, 2.05) is 25.1 Å². The van der Waals surface area contributed by atoms with Crippen LogP contribution in [0.15, 0.2) is 72.9 Å². The first-order chi connectivity index (χ1) is 12.3. The molecule has 0 aliphatic rings. The van der Waals surface area contributed by atoms with Crippen molar-refractivity contribution in [1.29, 1.82) is 0 Å². The number of carbonyl (C=O) groups excluding carboxylic acids is 1. The zero-order valence-electron chi connectivity index (χ0n) is 13.7. The van der Waals surface area contributed by atoms with E-state index in [1.165, 1.54) is 0 Å². The number of para-hydroxylation sites is 1. The molecule has 1 heterocycles. The van der Waals surface area contributed by atoms with Gasteiger partial charge in [-0.1, -0.05) is 18.2 Å². The van der Waals surface area contributed by atoms with Crippen LogP contribution in [0.25, 0.3) is 0 Å². The summed E-state index contributed by atoms with van der Waals surface area (Å²) in [6.07, 6.45) is 1.65. The summed E-state index contributed by atoms with van der Waals surface area (Å²) < 4.78 is 16.5. The SMILES string of the molecule is CCOc1ccccc1C(=O)Oc1ccc(Oc2ccccn2)cc1. The van der Waals surface area contributed by atoms with Crippen molar-refractivity contribution in [1.82, 2.24) is 4.98 Å². The van der Waals surface area contributed by atoms with E-state index in [2.05, 4.69) is 4.98 Å². The molecule has 3 aromatic rings. The molecule has 0 unspecified atom stereocenters. The predicted molar refractivity (Wildman–Crippen MR) is 93.3 cm³/mol. The number of hydrogen-bond donors (Lipinski definition) is 0. The van der Waals surface area contributed by atoms with Gasteiger partial charge in [0.2, 0.25) is 5.88 Å². The third kappa shape index (κ3) is 4.35. The second kappa shape index (κ2) is 7.97. The normalized spacial score (nSPS) is 10.1. The van der Waals surface area contributed by atoms with Gasteiger partial charge in [-0.15, -0.1) is 0 Å². The third-order valence-electron chi connectivity index (χ3n) is 3.30. The lowest BCUT2D eigenvalue weighted by molar-refractivity contribution is 0.0730. The monoisotopic (exact) mass is 335 g/mol. The molecule has 3 rings (SSSR count). The fourth-order valence-electron chi connectivity index (χ4n) is 2.18. The molecular formula is C20H17NO4. The van der Waals surface area contributed by atoms with E-state index in [0.717, 1.165) is 0 Å². The number of ether oxygens (including phenoxy) is 3. The molecule has 0 saturated carbocycles. The highest BCUT2D eigenvalue weighted by atomic mass is 16.5. The van der Waals surface area contributed by atoms with Crippen LogP contribution < -0.4 is 14.2 Å². The van der Waals surface area contributed by atoms with Gasteiger partial charge < -0.3 is 14.2 Å². The Morgan fingerprint density at radius 2 is 1.64 bits per heavy atom. The van der Waals surface area contributed by atoms with Crippen LogP contribution in [0.5, 0.6) is 23.1 Å². The van der Waals surface area contributed by atoms with E-state index in [1.54, 1.807) is 54.7 Å². The number of benzene rings is 2. The Hall–Kier alpha value is -3.34. The molecule has 5 nitrogen and oxygen atoms in total. The van der Waals surface area contributed by atoms with E-state index in [-0.39, 0.29) is 0 Å². The minimum Gasteiger partial charge on any atom is -0.493 e. The fourth-order valence-corrected chi connectivity index (χ4v) is 2.18. The van der Waals surface area contributed by atoms with Crippen LogP contribution in [0.4, 0.5) is 0 Å². The Kier molecular flexibility index (Phi) is 5.26. The number of carbonyl (C=O) groups is 1. The molecule has 0 fully saturated rings. The summed E-state index contributed by atoms with van der Waals surface area (Å²) in [6, 6.07) is 19.2. The molecule has 25 heavy (non-hydrogen) atoms. The Morgan fingerprint density at radius 1 is 0.920 bits per heavy atom. The first-order valence-electron chi connectivity index (χ1n) is 7.89. The summed E-state index contributed by atoms with van der Waals surface area (Å²) in [4.78, 5) is 16.4. The van der Waals surface area contributed by atoms with E-state index in [4.69, 9.17) is 14.2 Å². The summed E-state index contributed by atoms with van der Waals surface area (Å²) in [6.45, 7) is 2.34. The summed E-state index contributed by atoms with van der Waals surface area (Å²) in [5.41, 5.74) is 0.387. The molecule has 0 N–H and O–H groups in total. The highest BCUT2D eigenvalue weighted by molar-refractivity contribution is 5.94. The summed E-state index contributed by atoms with van der Waals surface area (Å²) in [7, 11) is 0. The lowest BCUT2D eigenvalue weighted by atomic mass is 10.2. The highest BCUT2D eigenvalue weighted by Gasteiger charge is 2.14. The van der Waals surface area contributed by atoms with Gasteiger partial charge in [0.05, 0.1) is 6.61 Å². The predicted octanol–water partition coefficient (Wildman–Crippen LogP) is 4.49. The lowest BCUT2D eigenvalue weighted by Gasteiger charge is -2.10. The van der Waals surface area contributed by atoms with Crippen LogP contribution in [-0.4, -0.2) is 17.6 Å². The number of pyridine rings is 1. The van der Waals surface area contributed by atoms with E-state index < -0.39 is 5.97 Å². The van der Waals surface area contributed by atoms with E-state index in [0.29, 0.717) is 35.3 Å². The Balaban J connectivity index is 1.68. The first kappa shape index (κ1) is 16.5. The van der Waals surface area contributed by atoms with Crippen molar-refractivity contribution in [2.45, 2.75) is 6.92 Å². The average Bonchev–Trinajstić information content (AvgIpc) is 2.65. The van der Waals surface area contributed by atoms with Crippen molar-refractivity contribution < 1.29 is 19.0 Å². The molecule has 0 spiro atoms. The molecule has 0 radical (unpaired) electrons. The number of nitrogens with zero attached hydrogens (tertiary/aromatic N) is 1. The number of aromatic nitrogens is 1. The van der Waals surface area contributed by atoms with Crippen molar-refractivity contribution in [3.8, 4) is 23.1 Å². The number of hydrogen-bond acceptors (Lipinski definition) is 5. The quantitative estimate of drug-likeness (QED) is 0.490. The van der Waals surface area contributed by atoms with Gasteiger partial charge in [0, 0.05) is 12.3 Å².